The first-order valence-corrected chi connectivity index (χ1v) is 10.8. The Morgan fingerprint density at radius 1 is 1.13 bits per heavy atom. The lowest BCUT2D eigenvalue weighted by atomic mass is 10.1. The van der Waals surface area contributed by atoms with Crippen molar-refractivity contribution in [3.8, 4) is 17.1 Å². The number of aryl methyl sites for hydroxylation is 1. The first-order chi connectivity index (χ1) is 14.9. The number of amides is 2. The largest absolute Gasteiger partial charge is 0.495 e. The molecular weight excluding hydrogens is 414 g/mol. The van der Waals surface area contributed by atoms with Crippen LogP contribution in [-0.4, -0.2) is 39.4 Å². The standard InChI is InChI=1S/C22H25N5O3S/c1-5-27-21(17-9-7-6-8-14(17)2)25-26-22(27)31-13-20(29)24-16-10-11-19(30-4)18(12-16)23-15(3)28/h6-12H,5,13H2,1-4H3,(H,23,28)(H,24,29). The molecule has 9 heteroatoms. The van der Waals surface area contributed by atoms with E-state index in [1.165, 1.54) is 25.8 Å². The van der Waals surface area contributed by atoms with Crippen LogP contribution < -0.4 is 15.4 Å². The minimum atomic E-state index is -0.222. The average molecular weight is 440 g/mol. The first kappa shape index (κ1) is 22.4. The number of hydrogen-bond acceptors (Lipinski definition) is 6. The quantitative estimate of drug-likeness (QED) is 0.516. The van der Waals surface area contributed by atoms with Crippen LogP contribution in [0.25, 0.3) is 11.4 Å². The Morgan fingerprint density at radius 2 is 1.90 bits per heavy atom. The second-order valence-corrected chi connectivity index (χ2v) is 7.74. The summed E-state index contributed by atoms with van der Waals surface area (Å²) in [6.07, 6.45) is 0. The number of ether oxygens (including phenoxy) is 1. The minimum absolute atomic E-state index is 0.174. The Labute approximate surface area is 185 Å². The number of nitrogens with zero attached hydrogens (tertiary/aromatic N) is 3. The predicted octanol–water partition coefficient (Wildman–Crippen LogP) is 3.97. The maximum atomic E-state index is 12.5. The van der Waals surface area contributed by atoms with Gasteiger partial charge in [0.1, 0.15) is 5.75 Å². The van der Waals surface area contributed by atoms with Gasteiger partial charge in [0.15, 0.2) is 11.0 Å². The van der Waals surface area contributed by atoms with Gasteiger partial charge < -0.3 is 19.9 Å². The molecule has 0 saturated heterocycles. The van der Waals surface area contributed by atoms with Crippen molar-refractivity contribution < 1.29 is 14.3 Å². The third-order valence-corrected chi connectivity index (χ3v) is 5.51. The second-order valence-electron chi connectivity index (χ2n) is 6.80. The average Bonchev–Trinajstić information content (AvgIpc) is 3.15. The van der Waals surface area contributed by atoms with Crippen LogP contribution in [0.1, 0.15) is 19.4 Å². The van der Waals surface area contributed by atoms with Crippen molar-refractivity contribution in [1.82, 2.24) is 14.8 Å². The van der Waals surface area contributed by atoms with E-state index in [1.807, 2.05) is 42.7 Å². The highest BCUT2D eigenvalue weighted by atomic mass is 32.2. The molecule has 2 aromatic carbocycles. The molecule has 0 aliphatic carbocycles. The highest BCUT2D eigenvalue weighted by molar-refractivity contribution is 7.99. The molecule has 0 fully saturated rings. The van der Waals surface area contributed by atoms with Gasteiger partial charge in [-0.15, -0.1) is 10.2 Å². The minimum Gasteiger partial charge on any atom is -0.495 e. The van der Waals surface area contributed by atoms with E-state index in [1.54, 1.807) is 18.2 Å². The lowest BCUT2D eigenvalue weighted by Crippen LogP contribution is -2.15. The van der Waals surface area contributed by atoms with Crippen molar-refractivity contribution in [2.24, 2.45) is 0 Å². The molecule has 0 saturated carbocycles. The number of methoxy groups -OCH3 is 1. The van der Waals surface area contributed by atoms with Gasteiger partial charge >= 0.3 is 0 Å². The van der Waals surface area contributed by atoms with Crippen molar-refractivity contribution >= 4 is 35.0 Å². The number of carbonyl (C=O) groups excluding carboxylic acids is 2. The Balaban J connectivity index is 1.69. The molecule has 1 heterocycles. The summed E-state index contributed by atoms with van der Waals surface area (Å²) in [5, 5.41) is 14.8. The zero-order valence-corrected chi connectivity index (χ0v) is 18.7. The van der Waals surface area contributed by atoms with Crippen molar-refractivity contribution in [3.63, 3.8) is 0 Å². The molecule has 0 atom stereocenters. The SMILES string of the molecule is CCn1c(SCC(=O)Nc2ccc(OC)c(NC(C)=O)c2)nnc1-c1ccccc1C. The Morgan fingerprint density at radius 3 is 2.58 bits per heavy atom. The number of rotatable bonds is 8. The molecule has 1 aromatic heterocycles. The summed E-state index contributed by atoms with van der Waals surface area (Å²) in [4.78, 5) is 23.9. The van der Waals surface area contributed by atoms with Gasteiger partial charge in [0, 0.05) is 24.7 Å². The zero-order chi connectivity index (χ0) is 22.4. The topological polar surface area (TPSA) is 98.1 Å². The highest BCUT2D eigenvalue weighted by Crippen LogP contribution is 2.29. The number of anilines is 2. The number of hydrogen-bond donors (Lipinski definition) is 2. The van der Waals surface area contributed by atoms with Gasteiger partial charge in [-0.1, -0.05) is 36.0 Å². The van der Waals surface area contributed by atoms with Crippen LogP contribution in [0.4, 0.5) is 11.4 Å². The van der Waals surface area contributed by atoms with Crippen LogP contribution >= 0.6 is 11.8 Å². The molecule has 8 nitrogen and oxygen atoms in total. The zero-order valence-electron chi connectivity index (χ0n) is 17.9. The maximum absolute atomic E-state index is 12.5. The highest BCUT2D eigenvalue weighted by Gasteiger charge is 2.16. The number of thioether (sulfide) groups is 1. The van der Waals surface area contributed by atoms with Gasteiger partial charge in [-0.2, -0.15) is 0 Å². The van der Waals surface area contributed by atoms with Crippen molar-refractivity contribution in [2.75, 3.05) is 23.5 Å². The summed E-state index contributed by atoms with van der Waals surface area (Å²) >= 11 is 1.33. The van der Waals surface area contributed by atoms with Gasteiger partial charge in [-0.25, -0.2) is 0 Å². The smallest absolute Gasteiger partial charge is 0.234 e. The van der Waals surface area contributed by atoms with Gasteiger partial charge in [0.25, 0.3) is 0 Å². The van der Waals surface area contributed by atoms with Gasteiger partial charge in [0.05, 0.1) is 18.6 Å². The summed E-state index contributed by atoms with van der Waals surface area (Å²) in [6, 6.07) is 13.1. The molecule has 162 valence electrons. The Kier molecular flexibility index (Phi) is 7.30. The maximum Gasteiger partial charge on any atom is 0.234 e. The van der Waals surface area contributed by atoms with Crippen LogP contribution in [0.15, 0.2) is 47.6 Å². The van der Waals surface area contributed by atoms with E-state index in [9.17, 15) is 9.59 Å². The number of carbonyl (C=O) groups is 2. The van der Waals surface area contributed by atoms with Gasteiger partial charge in [0.2, 0.25) is 11.8 Å². The van der Waals surface area contributed by atoms with Crippen LogP contribution in [0.2, 0.25) is 0 Å². The molecule has 2 amide bonds. The van der Waals surface area contributed by atoms with Crippen LogP contribution in [-0.2, 0) is 16.1 Å². The van der Waals surface area contributed by atoms with E-state index in [4.69, 9.17) is 4.74 Å². The molecule has 0 unspecified atom stereocenters. The second kappa shape index (κ2) is 10.1. The van der Waals surface area contributed by atoms with Crippen molar-refractivity contribution in [2.45, 2.75) is 32.5 Å². The molecule has 31 heavy (non-hydrogen) atoms. The predicted molar refractivity (Wildman–Crippen MR) is 123 cm³/mol. The number of benzene rings is 2. The molecule has 0 aliphatic heterocycles. The molecule has 0 spiro atoms. The van der Waals surface area contributed by atoms with E-state index in [0.29, 0.717) is 28.8 Å². The molecule has 3 rings (SSSR count). The van der Waals surface area contributed by atoms with Crippen LogP contribution in [0, 0.1) is 6.92 Å². The monoisotopic (exact) mass is 439 g/mol. The lowest BCUT2D eigenvalue weighted by Gasteiger charge is -2.12. The Hall–Kier alpha value is -3.33. The van der Waals surface area contributed by atoms with Gasteiger partial charge in [-0.05, 0) is 37.6 Å². The molecule has 2 N–H and O–H groups in total. The number of aromatic nitrogens is 3. The summed E-state index contributed by atoms with van der Waals surface area (Å²) in [7, 11) is 1.52. The fraction of sp³-hybridized carbons (Fsp3) is 0.273. The fourth-order valence-electron chi connectivity index (χ4n) is 3.10. The van der Waals surface area contributed by atoms with Crippen LogP contribution in [0.3, 0.4) is 0 Å². The third-order valence-electron chi connectivity index (χ3n) is 4.55. The summed E-state index contributed by atoms with van der Waals surface area (Å²) in [5.41, 5.74) is 3.20. The van der Waals surface area contributed by atoms with E-state index in [-0.39, 0.29) is 17.6 Å². The third kappa shape index (κ3) is 5.43. The fourth-order valence-corrected chi connectivity index (χ4v) is 3.91. The van der Waals surface area contributed by atoms with Gasteiger partial charge in [-0.3, -0.25) is 9.59 Å². The molecule has 0 radical (unpaired) electrons. The van der Waals surface area contributed by atoms with E-state index < -0.39 is 0 Å². The molecule has 0 bridgehead atoms. The summed E-state index contributed by atoms with van der Waals surface area (Å²) < 4.78 is 7.24. The number of nitrogens with one attached hydrogen (secondary N) is 2. The first-order valence-electron chi connectivity index (χ1n) is 9.80. The Bertz CT molecular complexity index is 1100. The molecule has 3 aromatic rings. The van der Waals surface area contributed by atoms with E-state index in [0.717, 1.165) is 17.0 Å². The van der Waals surface area contributed by atoms with Crippen molar-refractivity contribution in [1.29, 1.82) is 0 Å². The molecule has 0 aliphatic rings. The normalized spacial score (nSPS) is 10.6. The van der Waals surface area contributed by atoms with Crippen molar-refractivity contribution in [3.05, 3.63) is 48.0 Å². The van der Waals surface area contributed by atoms with E-state index in [2.05, 4.69) is 20.8 Å². The summed E-state index contributed by atoms with van der Waals surface area (Å²) in [5.74, 6) is 1.07. The summed E-state index contributed by atoms with van der Waals surface area (Å²) in [6.45, 7) is 6.17. The molecular formula is C22H25N5O3S. The lowest BCUT2D eigenvalue weighted by molar-refractivity contribution is -0.114. The van der Waals surface area contributed by atoms with Crippen LogP contribution in [0.5, 0.6) is 5.75 Å². The van der Waals surface area contributed by atoms with E-state index >= 15 is 0 Å².